The Kier molecular flexibility index (Phi) is 6.75. The number of rotatable bonds is 5. The first kappa shape index (κ1) is 24.1. The van der Waals surface area contributed by atoms with E-state index in [0.29, 0.717) is 11.8 Å². The van der Waals surface area contributed by atoms with Crippen molar-refractivity contribution < 1.29 is 0 Å². The fourth-order valence-corrected chi connectivity index (χ4v) is 6.95. The van der Waals surface area contributed by atoms with Crippen molar-refractivity contribution in [3.05, 3.63) is 100 Å². The Morgan fingerprint density at radius 1 is 0.971 bits per heavy atom. The molecular formula is C35H42. The molecule has 5 rings (SSSR count). The van der Waals surface area contributed by atoms with Crippen molar-refractivity contribution in [2.45, 2.75) is 72.6 Å². The van der Waals surface area contributed by atoms with Crippen LogP contribution in [-0.4, -0.2) is 0 Å². The predicted octanol–water partition coefficient (Wildman–Crippen LogP) is 9.60. The minimum absolute atomic E-state index is 0.365. The molecule has 0 heteroatoms. The molecule has 1 saturated carbocycles. The first-order valence-electron chi connectivity index (χ1n) is 13.8. The quantitative estimate of drug-likeness (QED) is 0.388. The van der Waals surface area contributed by atoms with E-state index in [-0.39, 0.29) is 0 Å². The normalized spacial score (nSPS) is 26.1. The second kappa shape index (κ2) is 9.81. The lowest BCUT2D eigenvalue weighted by atomic mass is 9.76. The Labute approximate surface area is 213 Å². The summed E-state index contributed by atoms with van der Waals surface area (Å²) < 4.78 is 0. The van der Waals surface area contributed by atoms with E-state index in [1.54, 1.807) is 5.56 Å². The highest BCUT2D eigenvalue weighted by Crippen LogP contribution is 2.43. The van der Waals surface area contributed by atoms with E-state index in [9.17, 15) is 0 Å². The molecule has 0 bridgehead atoms. The van der Waals surface area contributed by atoms with Gasteiger partial charge in [0, 0.05) is 5.92 Å². The Morgan fingerprint density at radius 2 is 1.80 bits per heavy atom. The highest BCUT2D eigenvalue weighted by Gasteiger charge is 2.27. The van der Waals surface area contributed by atoms with Gasteiger partial charge in [-0.15, -0.1) is 0 Å². The molecule has 0 saturated heterocycles. The zero-order valence-electron chi connectivity index (χ0n) is 22.3. The maximum Gasteiger partial charge on any atom is 0.00826 e. The van der Waals surface area contributed by atoms with Crippen molar-refractivity contribution >= 4 is 6.08 Å². The highest BCUT2D eigenvalue weighted by molar-refractivity contribution is 5.80. The summed E-state index contributed by atoms with van der Waals surface area (Å²) in [6, 6.07) is 11.8. The zero-order chi connectivity index (χ0) is 24.7. The van der Waals surface area contributed by atoms with Crippen LogP contribution in [0.2, 0.25) is 0 Å². The van der Waals surface area contributed by atoms with Gasteiger partial charge in [-0.25, -0.2) is 0 Å². The van der Waals surface area contributed by atoms with E-state index in [4.69, 9.17) is 0 Å². The molecule has 35 heavy (non-hydrogen) atoms. The Hall–Kier alpha value is -2.60. The van der Waals surface area contributed by atoms with Crippen LogP contribution in [0.4, 0.5) is 0 Å². The highest BCUT2D eigenvalue weighted by atomic mass is 14.3. The molecule has 3 aliphatic rings. The summed E-state index contributed by atoms with van der Waals surface area (Å²) in [5.74, 6) is 2.50. The van der Waals surface area contributed by atoms with Crippen LogP contribution in [0.3, 0.4) is 0 Å². The number of hydrogen-bond donors (Lipinski definition) is 0. The Balaban J connectivity index is 1.45. The maximum atomic E-state index is 4.44. The third-order valence-corrected chi connectivity index (χ3v) is 8.97. The second-order valence-electron chi connectivity index (χ2n) is 11.9. The fraction of sp³-hybridized carbons (Fsp3) is 0.429. The molecular weight excluding hydrogens is 420 g/mol. The third-order valence-electron chi connectivity index (χ3n) is 8.97. The molecule has 0 nitrogen and oxygen atoms in total. The average molecular weight is 463 g/mol. The van der Waals surface area contributed by atoms with Gasteiger partial charge in [0.15, 0.2) is 0 Å². The average Bonchev–Trinajstić information content (AvgIpc) is 3.24. The topological polar surface area (TPSA) is 0 Å². The van der Waals surface area contributed by atoms with Crippen LogP contribution in [-0.2, 0) is 12.8 Å². The van der Waals surface area contributed by atoms with Crippen LogP contribution < -0.4 is 0 Å². The minimum Gasteiger partial charge on any atom is -0.0986 e. The monoisotopic (exact) mass is 462 g/mol. The number of allylic oxidation sites excluding steroid dienone is 5. The Bertz CT molecular complexity index is 1220. The molecule has 0 amide bonds. The maximum absolute atomic E-state index is 4.44. The number of aryl methyl sites for hydroxylation is 2. The first-order valence-corrected chi connectivity index (χ1v) is 13.8. The summed E-state index contributed by atoms with van der Waals surface area (Å²) in [6.07, 6.45) is 15.8. The van der Waals surface area contributed by atoms with Crippen molar-refractivity contribution in [1.82, 2.24) is 0 Å². The number of benzene rings is 2. The van der Waals surface area contributed by atoms with Gasteiger partial charge in [-0.2, -0.15) is 0 Å². The van der Waals surface area contributed by atoms with Gasteiger partial charge in [0.1, 0.15) is 0 Å². The molecule has 1 fully saturated rings. The largest absolute Gasteiger partial charge is 0.0986 e. The molecule has 182 valence electrons. The van der Waals surface area contributed by atoms with Crippen molar-refractivity contribution in [2.24, 2.45) is 23.7 Å². The molecule has 0 spiro atoms. The lowest BCUT2D eigenvalue weighted by Crippen LogP contribution is -2.16. The van der Waals surface area contributed by atoms with Crippen molar-refractivity contribution in [2.75, 3.05) is 0 Å². The van der Waals surface area contributed by atoms with E-state index in [0.717, 1.165) is 24.7 Å². The van der Waals surface area contributed by atoms with Crippen LogP contribution in [0.25, 0.3) is 17.2 Å². The summed E-state index contributed by atoms with van der Waals surface area (Å²) in [5, 5.41) is 0. The van der Waals surface area contributed by atoms with E-state index < -0.39 is 0 Å². The molecule has 0 N–H and O–H groups in total. The Morgan fingerprint density at radius 3 is 2.60 bits per heavy atom. The molecule has 2 aromatic rings. The van der Waals surface area contributed by atoms with E-state index in [1.807, 2.05) is 0 Å². The molecule has 2 aromatic carbocycles. The molecule has 0 radical (unpaired) electrons. The fourth-order valence-electron chi connectivity index (χ4n) is 6.95. The third kappa shape index (κ3) is 4.90. The molecule has 4 atom stereocenters. The molecule has 0 heterocycles. The predicted molar refractivity (Wildman–Crippen MR) is 153 cm³/mol. The number of fused-ring (bicyclic) bond motifs is 1. The second-order valence-corrected chi connectivity index (χ2v) is 11.9. The lowest BCUT2D eigenvalue weighted by molar-refractivity contribution is 0.281. The van der Waals surface area contributed by atoms with E-state index >= 15 is 0 Å². The van der Waals surface area contributed by atoms with Crippen LogP contribution in [0, 0.1) is 37.5 Å². The molecule has 3 aliphatic carbocycles. The van der Waals surface area contributed by atoms with Gasteiger partial charge in [0.25, 0.3) is 0 Å². The first-order chi connectivity index (χ1) is 16.8. The van der Waals surface area contributed by atoms with E-state index in [1.165, 1.54) is 82.2 Å². The number of hydrogen-bond acceptors (Lipinski definition) is 0. The summed E-state index contributed by atoms with van der Waals surface area (Å²) >= 11 is 0. The SMILES string of the molecule is C=C1C=CC(C)C(=C)C1CC1=Cc2cccc(-c3cc(C)cc(C)c3CC3CCC[C@H](C)C3)c2C1. The van der Waals surface area contributed by atoms with Gasteiger partial charge in [0.05, 0.1) is 0 Å². The molecule has 0 aliphatic heterocycles. The van der Waals surface area contributed by atoms with Gasteiger partial charge >= 0.3 is 0 Å². The van der Waals surface area contributed by atoms with Crippen LogP contribution >= 0.6 is 0 Å². The lowest BCUT2D eigenvalue weighted by Gasteiger charge is -2.29. The van der Waals surface area contributed by atoms with Gasteiger partial charge in [-0.3, -0.25) is 0 Å². The smallest absolute Gasteiger partial charge is 0.00826 e. The van der Waals surface area contributed by atoms with Gasteiger partial charge in [0.2, 0.25) is 0 Å². The summed E-state index contributed by atoms with van der Waals surface area (Å²) in [4.78, 5) is 0. The minimum atomic E-state index is 0.365. The van der Waals surface area contributed by atoms with Gasteiger partial charge in [-0.1, -0.05) is 112 Å². The van der Waals surface area contributed by atoms with Crippen molar-refractivity contribution in [3.8, 4) is 11.1 Å². The zero-order valence-corrected chi connectivity index (χ0v) is 22.3. The van der Waals surface area contributed by atoms with Gasteiger partial charge < -0.3 is 0 Å². The van der Waals surface area contributed by atoms with Gasteiger partial charge in [-0.05, 0) is 96.2 Å². The van der Waals surface area contributed by atoms with Crippen molar-refractivity contribution in [3.63, 3.8) is 0 Å². The standard InChI is InChI=1S/C35H42/c1-22-9-7-10-28(16-22)19-33-26(5)15-23(2)17-35(33)31-12-8-11-30-18-29(21-34(30)31)20-32-25(4)14-13-24(3)27(32)6/h8,11-15,17-18,22,24,28,32H,4,6-7,9-10,16,19-21H2,1-3,5H3/t22-,24?,28?,32?/m0/s1. The van der Waals surface area contributed by atoms with E-state index in [2.05, 4.69) is 89.4 Å². The van der Waals surface area contributed by atoms with Crippen LogP contribution in [0.15, 0.2) is 72.4 Å². The van der Waals surface area contributed by atoms with Crippen LogP contribution in [0.1, 0.15) is 73.8 Å². The summed E-state index contributed by atoms with van der Waals surface area (Å²) in [6.45, 7) is 18.1. The molecule has 0 aromatic heterocycles. The van der Waals surface area contributed by atoms with Crippen molar-refractivity contribution in [1.29, 1.82) is 0 Å². The summed E-state index contributed by atoms with van der Waals surface area (Å²) in [5.41, 5.74) is 14.3. The molecule has 3 unspecified atom stereocenters. The summed E-state index contributed by atoms with van der Waals surface area (Å²) in [7, 11) is 0. The van der Waals surface area contributed by atoms with Crippen LogP contribution in [0.5, 0.6) is 0 Å².